The molecule has 0 aromatic carbocycles. The monoisotopic (exact) mass is 240 g/mol. The minimum Gasteiger partial charge on any atom is -0.478 e. The van der Waals surface area contributed by atoms with E-state index in [1.165, 1.54) is 25.8 Å². The van der Waals surface area contributed by atoms with E-state index in [1.54, 1.807) is 0 Å². The van der Waals surface area contributed by atoms with Gasteiger partial charge in [0.25, 0.3) is 0 Å². The molecular formula is C13H24N2O2. The van der Waals surface area contributed by atoms with Crippen LogP contribution in [0.5, 0.6) is 0 Å². The molecule has 0 radical (unpaired) electrons. The van der Waals surface area contributed by atoms with Gasteiger partial charge in [-0.3, -0.25) is 0 Å². The number of carbonyl (C=O) groups is 1. The number of hydrogen-bond acceptors (Lipinski definition) is 3. The minimum absolute atomic E-state index is 0.233. The van der Waals surface area contributed by atoms with E-state index in [1.807, 2.05) is 0 Å². The highest BCUT2D eigenvalue weighted by atomic mass is 16.4. The van der Waals surface area contributed by atoms with Crippen LogP contribution in [0.4, 0.5) is 0 Å². The maximum Gasteiger partial charge on any atom is 0.332 e. The van der Waals surface area contributed by atoms with E-state index in [0.29, 0.717) is 12.6 Å². The highest BCUT2D eigenvalue weighted by Crippen LogP contribution is 2.15. The van der Waals surface area contributed by atoms with Gasteiger partial charge in [0.05, 0.1) is 0 Å². The normalized spacial score (nSPS) is 21.4. The lowest BCUT2D eigenvalue weighted by Crippen LogP contribution is -2.39. The number of hydrogen-bond donors (Lipinski definition) is 2. The Morgan fingerprint density at radius 1 is 1.53 bits per heavy atom. The predicted molar refractivity (Wildman–Crippen MR) is 69.1 cm³/mol. The molecule has 1 heterocycles. The van der Waals surface area contributed by atoms with Gasteiger partial charge < -0.3 is 15.3 Å². The van der Waals surface area contributed by atoms with Gasteiger partial charge in [-0.05, 0) is 45.8 Å². The summed E-state index contributed by atoms with van der Waals surface area (Å²) in [6.07, 6.45) is 5.04. The van der Waals surface area contributed by atoms with Gasteiger partial charge in [-0.1, -0.05) is 13.0 Å². The summed E-state index contributed by atoms with van der Waals surface area (Å²) in [5, 5.41) is 11.7. The summed E-state index contributed by atoms with van der Waals surface area (Å²) in [5.41, 5.74) is 0.233. The zero-order chi connectivity index (χ0) is 12.7. The molecule has 0 aromatic rings. The Kier molecular flexibility index (Phi) is 6.22. The van der Waals surface area contributed by atoms with Crippen LogP contribution in [0, 0.1) is 0 Å². The molecule has 17 heavy (non-hydrogen) atoms. The van der Waals surface area contributed by atoms with E-state index in [-0.39, 0.29) is 5.57 Å². The number of aliphatic carboxylic acids is 1. The average Bonchev–Trinajstić information content (AvgIpc) is 2.30. The molecule has 1 aliphatic rings. The molecule has 1 fully saturated rings. The number of nitrogens with zero attached hydrogens (tertiary/aromatic N) is 1. The van der Waals surface area contributed by atoms with Crippen LogP contribution in [0.15, 0.2) is 12.2 Å². The molecule has 1 rings (SSSR count). The second-order valence-electron chi connectivity index (χ2n) is 4.82. The van der Waals surface area contributed by atoms with Crippen molar-refractivity contribution in [3.63, 3.8) is 0 Å². The number of nitrogens with one attached hydrogen (secondary N) is 1. The molecular weight excluding hydrogens is 216 g/mol. The van der Waals surface area contributed by atoms with Gasteiger partial charge in [-0.2, -0.15) is 0 Å². The zero-order valence-corrected chi connectivity index (χ0v) is 10.7. The van der Waals surface area contributed by atoms with Crippen molar-refractivity contribution in [3.05, 3.63) is 12.2 Å². The van der Waals surface area contributed by atoms with Crippen LogP contribution in [0.1, 0.15) is 32.6 Å². The SMILES string of the molecule is C=C(CNCCCN1CCCCC1C)C(=O)O. The highest BCUT2D eigenvalue weighted by molar-refractivity contribution is 5.86. The number of likely N-dealkylation sites (tertiary alicyclic amines) is 1. The second kappa shape index (κ2) is 7.45. The quantitative estimate of drug-likeness (QED) is 0.523. The van der Waals surface area contributed by atoms with E-state index in [2.05, 4.69) is 23.7 Å². The van der Waals surface area contributed by atoms with Crippen LogP contribution >= 0.6 is 0 Å². The summed E-state index contributed by atoms with van der Waals surface area (Å²) in [7, 11) is 0. The Bertz CT molecular complexity index is 266. The molecule has 0 spiro atoms. The number of piperidine rings is 1. The largest absolute Gasteiger partial charge is 0.478 e. The fraction of sp³-hybridized carbons (Fsp3) is 0.769. The van der Waals surface area contributed by atoms with Crippen molar-refractivity contribution in [2.45, 2.75) is 38.6 Å². The van der Waals surface area contributed by atoms with E-state index in [0.717, 1.165) is 19.5 Å². The van der Waals surface area contributed by atoms with E-state index >= 15 is 0 Å². The lowest BCUT2D eigenvalue weighted by molar-refractivity contribution is -0.132. The van der Waals surface area contributed by atoms with Crippen molar-refractivity contribution < 1.29 is 9.90 Å². The van der Waals surface area contributed by atoms with Crippen molar-refractivity contribution in [2.75, 3.05) is 26.2 Å². The van der Waals surface area contributed by atoms with Crippen molar-refractivity contribution in [1.82, 2.24) is 10.2 Å². The molecule has 4 nitrogen and oxygen atoms in total. The van der Waals surface area contributed by atoms with Gasteiger partial charge in [0, 0.05) is 18.2 Å². The number of rotatable bonds is 7. The summed E-state index contributed by atoms with van der Waals surface area (Å²) < 4.78 is 0. The van der Waals surface area contributed by atoms with Crippen LogP contribution in [0.2, 0.25) is 0 Å². The van der Waals surface area contributed by atoms with Crippen LogP contribution in [0.3, 0.4) is 0 Å². The Morgan fingerprint density at radius 2 is 2.29 bits per heavy atom. The zero-order valence-electron chi connectivity index (χ0n) is 10.7. The van der Waals surface area contributed by atoms with Crippen molar-refractivity contribution in [2.24, 2.45) is 0 Å². The van der Waals surface area contributed by atoms with Gasteiger partial charge in [0.15, 0.2) is 0 Å². The van der Waals surface area contributed by atoms with Crippen LogP contribution in [0.25, 0.3) is 0 Å². The van der Waals surface area contributed by atoms with E-state index in [9.17, 15) is 4.79 Å². The van der Waals surface area contributed by atoms with E-state index < -0.39 is 5.97 Å². The fourth-order valence-electron chi connectivity index (χ4n) is 2.21. The maximum absolute atomic E-state index is 10.5. The number of carboxylic acids is 1. The molecule has 98 valence electrons. The van der Waals surface area contributed by atoms with Crippen molar-refractivity contribution in [3.8, 4) is 0 Å². The summed E-state index contributed by atoms with van der Waals surface area (Å²) in [6, 6.07) is 0.706. The first-order chi connectivity index (χ1) is 8.11. The topological polar surface area (TPSA) is 52.6 Å². The van der Waals surface area contributed by atoms with Gasteiger partial charge in [0.1, 0.15) is 0 Å². The standard InChI is InChI=1S/C13H24N2O2/c1-11(13(16)17)10-14-7-5-9-15-8-4-3-6-12(15)2/h12,14H,1,3-10H2,2H3,(H,16,17). The van der Waals surface area contributed by atoms with Crippen LogP contribution in [-0.4, -0.2) is 48.2 Å². The molecule has 0 amide bonds. The first-order valence-corrected chi connectivity index (χ1v) is 6.47. The van der Waals surface area contributed by atoms with Gasteiger partial charge in [-0.15, -0.1) is 0 Å². The average molecular weight is 240 g/mol. The third kappa shape index (κ3) is 5.33. The molecule has 1 unspecified atom stereocenters. The predicted octanol–water partition coefficient (Wildman–Crippen LogP) is 1.48. The Labute approximate surface area is 104 Å². The lowest BCUT2D eigenvalue weighted by atomic mass is 10.0. The molecule has 1 atom stereocenters. The summed E-state index contributed by atoms with van der Waals surface area (Å²) >= 11 is 0. The fourth-order valence-corrected chi connectivity index (χ4v) is 2.21. The molecule has 1 saturated heterocycles. The van der Waals surface area contributed by atoms with Gasteiger partial charge in [-0.25, -0.2) is 4.79 Å². The minimum atomic E-state index is -0.915. The second-order valence-corrected chi connectivity index (χ2v) is 4.82. The molecule has 0 aliphatic carbocycles. The first kappa shape index (κ1) is 14.2. The molecule has 0 aromatic heterocycles. The third-order valence-corrected chi connectivity index (χ3v) is 3.38. The van der Waals surface area contributed by atoms with Gasteiger partial charge in [0.2, 0.25) is 0 Å². The summed E-state index contributed by atoms with van der Waals surface area (Å²) in [6.45, 7) is 9.32. The summed E-state index contributed by atoms with van der Waals surface area (Å²) in [5.74, 6) is -0.915. The molecule has 0 saturated carbocycles. The smallest absolute Gasteiger partial charge is 0.332 e. The molecule has 4 heteroatoms. The van der Waals surface area contributed by atoms with Crippen LogP contribution < -0.4 is 5.32 Å². The van der Waals surface area contributed by atoms with Crippen molar-refractivity contribution >= 4 is 5.97 Å². The number of carboxylic acid groups (broad SMARTS) is 1. The summed E-state index contributed by atoms with van der Waals surface area (Å²) in [4.78, 5) is 13.0. The maximum atomic E-state index is 10.5. The highest BCUT2D eigenvalue weighted by Gasteiger charge is 2.16. The molecule has 0 bridgehead atoms. The van der Waals surface area contributed by atoms with Crippen molar-refractivity contribution in [1.29, 1.82) is 0 Å². The third-order valence-electron chi connectivity index (χ3n) is 3.38. The molecule has 2 N–H and O–H groups in total. The van der Waals surface area contributed by atoms with Gasteiger partial charge >= 0.3 is 5.97 Å². The molecule has 1 aliphatic heterocycles. The van der Waals surface area contributed by atoms with Crippen LogP contribution in [-0.2, 0) is 4.79 Å². The van der Waals surface area contributed by atoms with E-state index in [4.69, 9.17) is 5.11 Å². The Hall–Kier alpha value is -0.870. The Balaban J connectivity index is 2.03. The Morgan fingerprint density at radius 3 is 2.94 bits per heavy atom. The lowest BCUT2D eigenvalue weighted by Gasteiger charge is -2.33. The first-order valence-electron chi connectivity index (χ1n) is 6.47.